The van der Waals surface area contributed by atoms with Crippen LogP contribution in [-0.2, 0) is 13.7 Å². The molecule has 2 aromatic carbocycles. The number of fused-ring (bicyclic) bond motifs is 1. The van der Waals surface area contributed by atoms with Crippen molar-refractivity contribution in [3.05, 3.63) is 53.2 Å². The van der Waals surface area contributed by atoms with Gasteiger partial charge in [0.1, 0.15) is 18.1 Å². The molecule has 108 valence electrons. The first-order valence-electron chi connectivity index (χ1n) is 6.96. The third-order valence-electron chi connectivity index (χ3n) is 3.64. The third-order valence-corrected chi connectivity index (χ3v) is 3.64. The summed E-state index contributed by atoms with van der Waals surface area (Å²) in [6, 6.07) is 12.1. The molecule has 0 bridgehead atoms. The average Bonchev–Trinajstić information content (AvgIpc) is 2.75. The maximum atomic E-state index is 6.05. The van der Waals surface area contributed by atoms with E-state index in [1.807, 2.05) is 43.8 Å². The van der Waals surface area contributed by atoms with Crippen molar-refractivity contribution in [3.63, 3.8) is 0 Å². The fourth-order valence-electron chi connectivity index (χ4n) is 2.72. The van der Waals surface area contributed by atoms with Gasteiger partial charge in [-0.2, -0.15) is 5.10 Å². The van der Waals surface area contributed by atoms with Crippen LogP contribution in [0.4, 0.5) is 5.69 Å². The van der Waals surface area contributed by atoms with E-state index < -0.39 is 0 Å². The van der Waals surface area contributed by atoms with E-state index in [0.29, 0.717) is 12.3 Å². The van der Waals surface area contributed by atoms with Crippen LogP contribution in [0.5, 0.6) is 5.75 Å². The van der Waals surface area contributed by atoms with Gasteiger partial charge in [-0.15, -0.1) is 0 Å². The predicted molar refractivity (Wildman–Crippen MR) is 85.4 cm³/mol. The molecule has 0 radical (unpaired) electrons. The summed E-state index contributed by atoms with van der Waals surface area (Å²) in [4.78, 5) is 0. The summed E-state index contributed by atoms with van der Waals surface area (Å²) in [5, 5.41) is 5.65. The van der Waals surface area contributed by atoms with Gasteiger partial charge in [0.25, 0.3) is 0 Å². The van der Waals surface area contributed by atoms with Crippen LogP contribution < -0.4 is 10.5 Å². The van der Waals surface area contributed by atoms with Gasteiger partial charge in [0, 0.05) is 12.4 Å². The molecule has 1 heterocycles. The second kappa shape index (κ2) is 5.13. The van der Waals surface area contributed by atoms with E-state index in [1.54, 1.807) is 0 Å². The third kappa shape index (κ3) is 2.44. The smallest absolute Gasteiger partial charge is 0.145 e. The van der Waals surface area contributed by atoms with Crippen molar-refractivity contribution in [3.8, 4) is 5.75 Å². The van der Waals surface area contributed by atoms with Gasteiger partial charge in [0.15, 0.2) is 0 Å². The summed E-state index contributed by atoms with van der Waals surface area (Å²) in [5.41, 5.74) is 10.9. The molecule has 0 unspecified atom stereocenters. The number of nitrogen functional groups attached to an aromatic ring is 1. The Bertz CT molecular complexity index is 782. The van der Waals surface area contributed by atoms with Gasteiger partial charge in [-0.1, -0.05) is 24.3 Å². The average molecular weight is 281 g/mol. The van der Waals surface area contributed by atoms with E-state index >= 15 is 0 Å². The molecule has 21 heavy (non-hydrogen) atoms. The maximum Gasteiger partial charge on any atom is 0.145 e. The second-order valence-corrected chi connectivity index (χ2v) is 5.38. The van der Waals surface area contributed by atoms with Gasteiger partial charge in [-0.25, -0.2) is 0 Å². The Kier molecular flexibility index (Phi) is 3.29. The molecule has 0 aliphatic heterocycles. The lowest BCUT2D eigenvalue weighted by molar-refractivity contribution is 0.301. The summed E-state index contributed by atoms with van der Waals surface area (Å²) in [5.74, 6) is 0.746. The van der Waals surface area contributed by atoms with Gasteiger partial charge >= 0.3 is 0 Å². The number of hydrogen-bond donors (Lipinski definition) is 1. The van der Waals surface area contributed by atoms with Gasteiger partial charge in [0.05, 0.1) is 11.2 Å². The molecular formula is C17H19N3O. The van der Waals surface area contributed by atoms with E-state index in [9.17, 15) is 0 Å². The van der Waals surface area contributed by atoms with Gasteiger partial charge in [0.2, 0.25) is 0 Å². The quantitative estimate of drug-likeness (QED) is 0.749. The van der Waals surface area contributed by atoms with E-state index in [1.165, 1.54) is 0 Å². The second-order valence-electron chi connectivity index (χ2n) is 5.38. The zero-order chi connectivity index (χ0) is 15.0. The number of para-hydroxylation sites is 1. The Morgan fingerprint density at radius 2 is 1.95 bits per heavy atom. The van der Waals surface area contributed by atoms with Gasteiger partial charge in [-0.05, 0) is 37.1 Å². The molecule has 1 aromatic heterocycles. The van der Waals surface area contributed by atoms with Crippen molar-refractivity contribution in [2.75, 3.05) is 5.73 Å². The first kappa shape index (κ1) is 13.5. The SMILES string of the molecule is Cc1cc(C)c(OCc2nn(C)c3ccccc23)c(N)c1. The minimum absolute atomic E-state index is 0.412. The van der Waals surface area contributed by atoms with Crippen molar-refractivity contribution in [2.24, 2.45) is 7.05 Å². The van der Waals surface area contributed by atoms with Crippen molar-refractivity contribution in [1.29, 1.82) is 0 Å². The monoisotopic (exact) mass is 281 g/mol. The fraction of sp³-hybridized carbons (Fsp3) is 0.235. The lowest BCUT2D eigenvalue weighted by atomic mass is 10.1. The molecule has 0 spiro atoms. The Morgan fingerprint density at radius 3 is 2.71 bits per heavy atom. The predicted octanol–water partition coefficient (Wildman–Crippen LogP) is 3.35. The molecule has 4 nitrogen and oxygen atoms in total. The lowest BCUT2D eigenvalue weighted by Gasteiger charge is -2.12. The molecule has 2 N–H and O–H groups in total. The van der Waals surface area contributed by atoms with Gasteiger partial charge in [-0.3, -0.25) is 4.68 Å². The zero-order valence-corrected chi connectivity index (χ0v) is 12.6. The van der Waals surface area contributed by atoms with Gasteiger partial charge < -0.3 is 10.5 Å². The largest absolute Gasteiger partial charge is 0.485 e. The normalized spacial score (nSPS) is 11.0. The van der Waals surface area contributed by atoms with Crippen LogP contribution in [0.3, 0.4) is 0 Å². The Labute approximate surface area is 124 Å². The first-order chi connectivity index (χ1) is 10.1. The number of aromatic nitrogens is 2. The number of aryl methyl sites for hydroxylation is 3. The summed E-state index contributed by atoms with van der Waals surface area (Å²) < 4.78 is 7.80. The minimum Gasteiger partial charge on any atom is -0.485 e. The highest BCUT2D eigenvalue weighted by Crippen LogP contribution is 2.29. The van der Waals surface area contributed by atoms with Crippen molar-refractivity contribution in [2.45, 2.75) is 20.5 Å². The van der Waals surface area contributed by atoms with Crippen LogP contribution in [0.1, 0.15) is 16.8 Å². The summed E-state index contributed by atoms with van der Waals surface area (Å²) in [7, 11) is 1.94. The minimum atomic E-state index is 0.412. The standard InChI is InChI=1S/C17H19N3O/c1-11-8-12(2)17(14(18)9-11)21-10-15-13-6-4-5-7-16(13)20(3)19-15/h4-9H,10,18H2,1-3H3. The Hall–Kier alpha value is -2.49. The van der Waals surface area contributed by atoms with Crippen molar-refractivity contribution >= 4 is 16.6 Å². The van der Waals surface area contributed by atoms with Crippen LogP contribution in [0.25, 0.3) is 10.9 Å². The molecule has 0 saturated heterocycles. The Morgan fingerprint density at radius 1 is 1.19 bits per heavy atom. The zero-order valence-electron chi connectivity index (χ0n) is 12.6. The lowest BCUT2D eigenvalue weighted by Crippen LogP contribution is -2.02. The summed E-state index contributed by atoms with van der Waals surface area (Å²) in [6.07, 6.45) is 0. The highest BCUT2D eigenvalue weighted by Gasteiger charge is 2.11. The van der Waals surface area contributed by atoms with Crippen LogP contribution in [0.2, 0.25) is 0 Å². The number of nitrogens with two attached hydrogens (primary N) is 1. The number of hydrogen-bond acceptors (Lipinski definition) is 3. The number of anilines is 1. The molecule has 0 aliphatic rings. The molecule has 3 rings (SSSR count). The van der Waals surface area contributed by atoms with E-state index in [0.717, 1.165) is 33.5 Å². The van der Waals surface area contributed by atoms with E-state index in [-0.39, 0.29) is 0 Å². The highest BCUT2D eigenvalue weighted by molar-refractivity contribution is 5.81. The molecule has 0 atom stereocenters. The number of nitrogens with zero attached hydrogens (tertiary/aromatic N) is 2. The number of ether oxygens (including phenoxy) is 1. The molecule has 0 amide bonds. The first-order valence-corrected chi connectivity index (χ1v) is 6.96. The number of benzene rings is 2. The van der Waals surface area contributed by atoms with Crippen molar-refractivity contribution in [1.82, 2.24) is 9.78 Å². The number of rotatable bonds is 3. The topological polar surface area (TPSA) is 53.1 Å². The van der Waals surface area contributed by atoms with Crippen LogP contribution in [-0.4, -0.2) is 9.78 Å². The molecule has 4 heteroatoms. The van der Waals surface area contributed by atoms with Crippen LogP contribution in [0, 0.1) is 13.8 Å². The van der Waals surface area contributed by atoms with E-state index in [2.05, 4.69) is 23.3 Å². The molecule has 0 aliphatic carbocycles. The fourth-order valence-corrected chi connectivity index (χ4v) is 2.72. The Balaban J connectivity index is 1.91. The van der Waals surface area contributed by atoms with Crippen molar-refractivity contribution < 1.29 is 4.74 Å². The van der Waals surface area contributed by atoms with Crippen LogP contribution in [0.15, 0.2) is 36.4 Å². The molecule has 0 saturated carbocycles. The molecular weight excluding hydrogens is 262 g/mol. The summed E-state index contributed by atoms with van der Waals surface area (Å²) >= 11 is 0. The molecule has 3 aromatic rings. The highest BCUT2D eigenvalue weighted by atomic mass is 16.5. The summed E-state index contributed by atoms with van der Waals surface area (Å²) in [6.45, 7) is 4.45. The van der Waals surface area contributed by atoms with Crippen LogP contribution >= 0.6 is 0 Å². The molecule has 0 fully saturated rings. The maximum absolute atomic E-state index is 6.05. The van der Waals surface area contributed by atoms with E-state index in [4.69, 9.17) is 10.5 Å².